The predicted octanol–water partition coefficient (Wildman–Crippen LogP) is 20.7. The zero-order valence-corrected chi connectivity index (χ0v) is 51.6. The third kappa shape index (κ3) is 11.7. The van der Waals surface area contributed by atoms with Crippen molar-refractivity contribution in [2.24, 2.45) is 0 Å². The van der Waals surface area contributed by atoms with Crippen molar-refractivity contribution >= 4 is 8.60 Å². The summed E-state index contributed by atoms with van der Waals surface area (Å²) >= 11 is 0. The largest absolute Gasteiger partial charge is 0.530 e. The van der Waals surface area contributed by atoms with E-state index in [1.165, 1.54) is 44.5 Å². The summed E-state index contributed by atoms with van der Waals surface area (Å²) in [6, 6.07) is 19.2. The Bertz CT molecular complexity index is 2480. The van der Waals surface area contributed by atoms with Crippen LogP contribution in [0.15, 0.2) is 48.5 Å². The number of hydrogen-bond acceptors (Lipinski definition) is 4. The van der Waals surface area contributed by atoms with Crippen LogP contribution < -0.4 is 13.6 Å². The fourth-order valence-electron chi connectivity index (χ4n) is 9.74. The molecule has 0 fully saturated rings. The van der Waals surface area contributed by atoms with Crippen LogP contribution in [-0.2, 0) is 49.7 Å². The number of rotatable bonds is 20. The Kier molecular flexibility index (Phi) is 17.5. The van der Waals surface area contributed by atoms with E-state index in [-0.39, 0.29) is 49.2 Å². The first-order valence-electron chi connectivity index (χ1n) is 28.3. The van der Waals surface area contributed by atoms with Crippen LogP contribution in [0.3, 0.4) is 0 Å². The van der Waals surface area contributed by atoms with Gasteiger partial charge in [-0.15, -0.1) is 0 Å². The van der Waals surface area contributed by atoms with Crippen LogP contribution in [0.5, 0.6) is 23.0 Å². The van der Waals surface area contributed by atoms with Gasteiger partial charge >= 0.3 is 8.60 Å². The summed E-state index contributed by atoms with van der Waals surface area (Å²) in [6.45, 7) is 58.1. The molecule has 4 aromatic rings. The molecule has 1 unspecified atom stereocenters. The Hall–Kier alpha value is -3.49. The van der Waals surface area contributed by atoms with Crippen molar-refractivity contribution < 1.29 is 18.7 Å². The van der Waals surface area contributed by atoms with Crippen LogP contribution in [0.1, 0.15) is 297 Å². The highest BCUT2D eigenvalue weighted by atomic mass is 31.2. The topological polar surface area (TPSA) is 47.9 Å². The van der Waals surface area contributed by atoms with Gasteiger partial charge in [0.2, 0.25) is 0 Å². The Morgan fingerprint density at radius 3 is 1.07 bits per heavy atom. The van der Waals surface area contributed by atoms with Gasteiger partial charge in [0, 0.05) is 45.7 Å². The molecule has 5 heteroatoms. The average Bonchev–Trinajstić information content (AvgIpc) is 3.33. The van der Waals surface area contributed by atoms with Gasteiger partial charge in [-0.25, -0.2) is 0 Å². The first-order valence-corrected chi connectivity index (χ1v) is 29.4. The quantitative estimate of drug-likeness (QED) is 0.0897. The molecule has 1 aliphatic rings. The molecule has 1 N–H and O–H groups in total. The van der Waals surface area contributed by atoms with Gasteiger partial charge in [-0.1, -0.05) is 222 Å². The zero-order chi connectivity index (χ0) is 54.5. The van der Waals surface area contributed by atoms with Gasteiger partial charge in [0.15, 0.2) is 0 Å². The van der Waals surface area contributed by atoms with Gasteiger partial charge in [0.1, 0.15) is 23.0 Å². The average molecular weight is 1000 g/mol. The van der Waals surface area contributed by atoms with Crippen molar-refractivity contribution in [3.05, 3.63) is 115 Å². The second kappa shape index (κ2) is 21.3. The van der Waals surface area contributed by atoms with Crippen LogP contribution in [0.2, 0.25) is 0 Å². The van der Waals surface area contributed by atoms with Gasteiger partial charge in [-0.2, -0.15) is 0 Å². The molecular weight excluding hydrogens is 900 g/mol. The summed E-state index contributed by atoms with van der Waals surface area (Å²) in [7, 11) is -2.13. The van der Waals surface area contributed by atoms with E-state index < -0.39 is 8.60 Å². The molecule has 0 saturated heterocycles. The molecule has 1 heterocycles. The lowest BCUT2D eigenvalue weighted by atomic mass is 9.72. The maximum absolute atomic E-state index is 12.8. The fourth-order valence-corrected chi connectivity index (χ4v) is 10.9. The van der Waals surface area contributed by atoms with Crippen LogP contribution >= 0.6 is 8.60 Å². The lowest BCUT2D eigenvalue weighted by Crippen LogP contribution is -2.26. The van der Waals surface area contributed by atoms with E-state index in [4.69, 9.17) is 13.6 Å². The predicted molar refractivity (Wildman–Crippen MR) is 313 cm³/mol. The number of aromatic hydroxyl groups is 1. The molecule has 0 saturated carbocycles. The number of hydrogen-bond donors (Lipinski definition) is 1. The van der Waals surface area contributed by atoms with Crippen LogP contribution in [0, 0.1) is 0 Å². The summed E-state index contributed by atoms with van der Waals surface area (Å²) in [5, 5.41) is 12.8. The molecule has 0 spiro atoms. The number of phenolic OH excluding ortho intramolecular Hbond substituents is 1. The van der Waals surface area contributed by atoms with Crippen molar-refractivity contribution in [1.82, 2.24) is 0 Å². The van der Waals surface area contributed by atoms with Crippen molar-refractivity contribution in [3.8, 4) is 23.0 Å². The minimum absolute atomic E-state index is 0.0426. The lowest BCUT2D eigenvalue weighted by molar-refractivity contribution is 0.356. The van der Waals surface area contributed by atoms with Gasteiger partial charge in [0.25, 0.3) is 0 Å². The molecule has 4 nitrogen and oxygen atoms in total. The minimum Gasteiger partial charge on any atom is -0.507 e. The molecule has 0 amide bonds. The van der Waals surface area contributed by atoms with E-state index in [2.05, 4.69) is 222 Å². The molecule has 1 aliphatic heterocycles. The van der Waals surface area contributed by atoms with E-state index in [9.17, 15) is 5.11 Å². The number of benzene rings is 4. The smallest absolute Gasteiger partial charge is 0.507 e. The fraction of sp³-hybridized carbons (Fsp3) is 0.642. The Balaban J connectivity index is 2.01. The molecule has 0 bridgehead atoms. The molecule has 5 rings (SSSR count). The number of fused-ring (bicyclic) bond motifs is 2. The van der Waals surface area contributed by atoms with Crippen molar-refractivity contribution in [3.63, 3.8) is 0 Å². The Morgan fingerprint density at radius 1 is 0.417 bits per heavy atom. The summed E-state index contributed by atoms with van der Waals surface area (Å²) in [6.07, 6.45) is 8.36. The molecule has 0 aliphatic carbocycles. The standard InChI is InChI=1S/C67H103O4P/c1-26-60(10,11)46-35-44-34-45-36-47(61(12,13)27-2)41-54(66(22,23)32-7)58(45)70-72(69-57(44)53(40-46)65(20,21)31-6)71-59-51(38-49(63(16,17)29-4)42-55(59)67(24,25)33-8)43(9)50-37-48(62(14,15)28-3)39-52(56(50)68)64(18,19)30-5/h35-43,68H,26-34H2,1-25H3. The van der Waals surface area contributed by atoms with Crippen LogP contribution in [-0.4, -0.2) is 5.11 Å². The molecule has 72 heavy (non-hydrogen) atoms. The molecule has 1 atom stereocenters. The molecule has 4 aromatic carbocycles. The van der Waals surface area contributed by atoms with Gasteiger partial charge in [-0.3, -0.25) is 0 Å². The normalized spacial score (nSPS) is 15.0. The first-order chi connectivity index (χ1) is 33.1. The van der Waals surface area contributed by atoms with Gasteiger partial charge in [-0.05, 0) is 128 Å². The highest BCUT2D eigenvalue weighted by Gasteiger charge is 2.41. The minimum atomic E-state index is -2.13. The third-order valence-electron chi connectivity index (χ3n) is 19.5. The van der Waals surface area contributed by atoms with Gasteiger partial charge in [0.05, 0.1) is 0 Å². The van der Waals surface area contributed by atoms with Crippen molar-refractivity contribution in [1.29, 1.82) is 0 Å². The van der Waals surface area contributed by atoms with E-state index in [0.29, 0.717) is 12.2 Å². The van der Waals surface area contributed by atoms with E-state index in [1.807, 2.05) is 0 Å². The SMILES string of the molecule is CCC(C)(C)c1cc(C(C)c2cc(C(C)(C)CC)cc(C(C)(C)CC)c2OP2Oc3c(cc(C(C)(C)CC)cc3C(C)(C)CC)Cc3cc(C(C)(C)CC)cc(C(C)(C)CC)c3O2)c(O)c(C(C)(C)CC)c1. The maximum atomic E-state index is 12.8. The summed E-state index contributed by atoms with van der Waals surface area (Å²) in [5.74, 6) is 2.71. The Labute approximate surface area is 443 Å². The molecule has 400 valence electrons. The van der Waals surface area contributed by atoms with E-state index in [1.54, 1.807) is 0 Å². The molecular formula is C67H103O4P. The summed E-state index contributed by atoms with van der Waals surface area (Å²) < 4.78 is 23.2. The van der Waals surface area contributed by atoms with Crippen LogP contribution in [0.25, 0.3) is 0 Å². The molecule has 0 aromatic heterocycles. The Morgan fingerprint density at radius 2 is 0.708 bits per heavy atom. The van der Waals surface area contributed by atoms with Crippen LogP contribution in [0.4, 0.5) is 0 Å². The highest BCUT2D eigenvalue weighted by Crippen LogP contribution is 2.57. The summed E-state index contributed by atoms with van der Waals surface area (Å²) in [5.41, 5.74) is 12.9. The highest BCUT2D eigenvalue weighted by molar-refractivity contribution is 7.43. The summed E-state index contributed by atoms with van der Waals surface area (Å²) in [4.78, 5) is 0. The third-order valence-corrected chi connectivity index (χ3v) is 20.5. The second-order valence-electron chi connectivity index (χ2n) is 27.2. The first kappa shape index (κ1) is 59.4. The van der Waals surface area contributed by atoms with Crippen molar-refractivity contribution in [2.45, 2.75) is 280 Å². The maximum Gasteiger partial charge on any atom is 0.530 e. The molecule has 0 radical (unpaired) electrons. The zero-order valence-electron chi connectivity index (χ0n) is 50.7. The number of phenols is 1. The van der Waals surface area contributed by atoms with Crippen molar-refractivity contribution in [2.75, 3.05) is 0 Å². The van der Waals surface area contributed by atoms with Gasteiger partial charge < -0.3 is 18.7 Å². The monoisotopic (exact) mass is 1000 g/mol. The second-order valence-corrected chi connectivity index (χ2v) is 28.2. The van der Waals surface area contributed by atoms with E-state index >= 15 is 0 Å². The van der Waals surface area contributed by atoms with E-state index in [0.717, 1.165) is 90.9 Å². The lowest BCUT2D eigenvalue weighted by Gasteiger charge is -2.37.